The van der Waals surface area contributed by atoms with Crippen LogP contribution in [0.5, 0.6) is 0 Å². The van der Waals surface area contributed by atoms with Gasteiger partial charge >= 0.3 is 13.9 Å². The Kier molecular flexibility index (Phi) is 12.3. The molecule has 0 aliphatic carbocycles. The highest BCUT2D eigenvalue weighted by Gasteiger charge is 2.38. The van der Waals surface area contributed by atoms with E-state index in [1.165, 1.54) is 37.7 Å². The summed E-state index contributed by atoms with van der Waals surface area (Å²) in [6.45, 7) is 18.0. The minimum absolute atomic E-state index is 0.215. The number of fused-ring (bicyclic) bond motifs is 1. The van der Waals surface area contributed by atoms with E-state index >= 15 is 0 Å². The van der Waals surface area contributed by atoms with Crippen LogP contribution >= 0.6 is 7.82 Å². The summed E-state index contributed by atoms with van der Waals surface area (Å²) in [4.78, 5) is 20.8. The lowest BCUT2D eigenvalue weighted by Crippen LogP contribution is -2.37. The van der Waals surface area contributed by atoms with Gasteiger partial charge in [0.15, 0.2) is 0 Å². The Morgan fingerprint density at radius 1 is 0.925 bits per heavy atom. The largest absolute Gasteiger partial charge is 0.475 e. The van der Waals surface area contributed by atoms with Crippen LogP contribution in [0.2, 0.25) is 0 Å². The van der Waals surface area contributed by atoms with Crippen LogP contribution in [-0.4, -0.2) is 39.5 Å². The zero-order chi connectivity index (χ0) is 30.2. The van der Waals surface area contributed by atoms with Crippen molar-refractivity contribution in [1.29, 1.82) is 0 Å². The smallest absolute Gasteiger partial charge is 0.444 e. The Bertz CT molecular complexity index is 1110. The van der Waals surface area contributed by atoms with Gasteiger partial charge in [0.25, 0.3) is 0 Å². The first-order chi connectivity index (χ1) is 18.4. The van der Waals surface area contributed by atoms with Gasteiger partial charge in [-0.3, -0.25) is 13.6 Å². The fourth-order valence-corrected chi connectivity index (χ4v) is 5.87. The Hall–Kier alpha value is -1.93. The van der Waals surface area contributed by atoms with E-state index in [1.54, 1.807) is 62.3 Å². The van der Waals surface area contributed by atoms with Gasteiger partial charge in [0.1, 0.15) is 17.5 Å². The number of carbonyl (C=O) groups is 1. The standard InChI is InChI=1S/C30H52N3O6P/c1-11-12-13-14-15-16-17-22-18-19-23-24(20-22)32-26(31-23)25(33-27(34)37-28(2,3)4)21-36-40(35,38-29(5,6)7)39-30(8,9)10/h18-20,25H,11-17,21H2,1-10H3,(H,31,32)(H,33,34)/t25-/m1/s1. The van der Waals surface area contributed by atoms with E-state index in [0.29, 0.717) is 5.82 Å². The third kappa shape index (κ3) is 13.2. The van der Waals surface area contributed by atoms with Gasteiger partial charge in [-0.15, -0.1) is 0 Å². The summed E-state index contributed by atoms with van der Waals surface area (Å²) in [5, 5.41) is 2.81. The van der Waals surface area contributed by atoms with E-state index in [1.807, 2.05) is 6.07 Å². The number of phosphoric ester groups is 1. The van der Waals surface area contributed by atoms with Crippen LogP contribution in [0.15, 0.2) is 18.2 Å². The molecule has 1 aromatic heterocycles. The summed E-state index contributed by atoms with van der Waals surface area (Å²) in [5.41, 5.74) is 0.566. The number of nitrogens with zero attached hydrogens (tertiary/aromatic N) is 1. The van der Waals surface area contributed by atoms with Crippen LogP contribution in [0.4, 0.5) is 4.79 Å². The number of phosphoric acid groups is 1. The molecule has 0 saturated carbocycles. The molecule has 228 valence electrons. The van der Waals surface area contributed by atoms with Crippen molar-refractivity contribution in [2.45, 2.75) is 137 Å². The van der Waals surface area contributed by atoms with Crippen molar-refractivity contribution in [2.24, 2.45) is 0 Å². The first-order valence-electron chi connectivity index (χ1n) is 14.5. The number of unbranched alkanes of at least 4 members (excludes halogenated alkanes) is 5. The third-order valence-electron chi connectivity index (χ3n) is 5.58. The molecule has 2 rings (SSSR count). The summed E-state index contributed by atoms with van der Waals surface area (Å²) in [6.07, 6.45) is 7.82. The van der Waals surface area contributed by atoms with E-state index in [2.05, 4.69) is 29.4 Å². The minimum atomic E-state index is -4.02. The van der Waals surface area contributed by atoms with Gasteiger partial charge in [-0.1, -0.05) is 45.1 Å². The number of H-pyrrole nitrogens is 1. The molecule has 2 aromatic rings. The minimum Gasteiger partial charge on any atom is -0.444 e. The second kappa shape index (κ2) is 14.3. The molecule has 0 radical (unpaired) electrons. The number of aromatic amines is 1. The van der Waals surface area contributed by atoms with E-state index < -0.39 is 36.8 Å². The monoisotopic (exact) mass is 581 g/mol. The highest BCUT2D eigenvalue weighted by molar-refractivity contribution is 7.48. The van der Waals surface area contributed by atoms with Gasteiger partial charge in [0.2, 0.25) is 0 Å². The molecule has 0 fully saturated rings. The quantitative estimate of drug-likeness (QED) is 0.169. The number of alkyl carbamates (subject to hydrolysis) is 1. The lowest BCUT2D eigenvalue weighted by molar-refractivity contribution is -0.000950. The fourth-order valence-electron chi connectivity index (χ4n) is 4.05. The van der Waals surface area contributed by atoms with Gasteiger partial charge in [-0.25, -0.2) is 14.3 Å². The van der Waals surface area contributed by atoms with Crippen molar-refractivity contribution in [1.82, 2.24) is 15.3 Å². The van der Waals surface area contributed by atoms with Crippen LogP contribution < -0.4 is 5.32 Å². The Morgan fingerprint density at radius 3 is 2.10 bits per heavy atom. The number of aryl methyl sites for hydroxylation is 1. The van der Waals surface area contributed by atoms with Crippen molar-refractivity contribution < 1.29 is 27.7 Å². The van der Waals surface area contributed by atoms with Crippen molar-refractivity contribution in [3.8, 4) is 0 Å². The zero-order valence-electron chi connectivity index (χ0n) is 26.3. The third-order valence-corrected chi connectivity index (χ3v) is 7.58. The first-order valence-corrected chi connectivity index (χ1v) is 16.0. The molecule has 40 heavy (non-hydrogen) atoms. The average Bonchev–Trinajstić information content (AvgIpc) is 3.18. The second-order valence-electron chi connectivity index (χ2n) is 13.3. The number of aromatic nitrogens is 2. The predicted octanol–water partition coefficient (Wildman–Crippen LogP) is 8.79. The highest BCUT2D eigenvalue weighted by atomic mass is 31.2. The maximum atomic E-state index is 13.7. The lowest BCUT2D eigenvalue weighted by Gasteiger charge is -2.31. The number of carbonyl (C=O) groups excluding carboxylic acids is 1. The van der Waals surface area contributed by atoms with Gasteiger partial charge in [-0.2, -0.15) is 0 Å². The number of nitrogens with one attached hydrogen (secondary N) is 2. The summed E-state index contributed by atoms with van der Waals surface area (Å²) in [6, 6.07) is 5.36. The first kappa shape index (κ1) is 34.3. The molecule has 0 unspecified atom stereocenters. The van der Waals surface area contributed by atoms with Crippen LogP contribution in [0.1, 0.15) is 125 Å². The molecule has 0 aliphatic heterocycles. The van der Waals surface area contributed by atoms with E-state index in [-0.39, 0.29) is 6.61 Å². The lowest BCUT2D eigenvalue weighted by atomic mass is 10.0. The maximum absolute atomic E-state index is 13.7. The molecule has 1 amide bonds. The fraction of sp³-hybridized carbons (Fsp3) is 0.733. The molecule has 0 saturated heterocycles. The average molecular weight is 582 g/mol. The summed E-state index contributed by atoms with van der Waals surface area (Å²) < 4.78 is 36.5. The van der Waals surface area contributed by atoms with E-state index in [9.17, 15) is 9.36 Å². The molecule has 0 bridgehead atoms. The predicted molar refractivity (Wildman–Crippen MR) is 161 cm³/mol. The summed E-state index contributed by atoms with van der Waals surface area (Å²) in [5.74, 6) is 0.454. The highest BCUT2D eigenvalue weighted by Crippen LogP contribution is 2.55. The van der Waals surface area contributed by atoms with Gasteiger partial charge in [0.05, 0.1) is 28.8 Å². The molecule has 1 aromatic carbocycles. The number of ether oxygens (including phenoxy) is 1. The van der Waals surface area contributed by atoms with Crippen molar-refractivity contribution >= 4 is 24.9 Å². The van der Waals surface area contributed by atoms with Gasteiger partial charge < -0.3 is 15.0 Å². The maximum Gasteiger partial charge on any atom is 0.475 e. The van der Waals surface area contributed by atoms with Crippen molar-refractivity contribution in [3.63, 3.8) is 0 Å². The van der Waals surface area contributed by atoms with Gasteiger partial charge in [0, 0.05) is 0 Å². The van der Waals surface area contributed by atoms with Crippen LogP contribution in [-0.2, 0) is 29.3 Å². The van der Waals surface area contributed by atoms with Crippen LogP contribution in [0, 0.1) is 0 Å². The Labute approximate surface area is 241 Å². The summed E-state index contributed by atoms with van der Waals surface area (Å²) in [7, 11) is -4.02. The topological polar surface area (TPSA) is 112 Å². The number of amides is 1. The molecule has 1 heterocycles. The number of rotatable bonds is 14. The van der Waals surface area contributed by atoms with Crippen LogP contribution in [0.3, 0.4) is 0 Å². The SMILES string of the molecule is CCCCCCCCc1ccc2nc([C@@H](COP(=O)(OC(C)(C)C)OC(C)(C)C)NC(=O)OC(C)(C)C)[nH]c2c1. The van der Waals surface area contributed by atoms with Gasteiger partial charge in [-0.05, 0) is 92.9 Å². The number of hydrogen-bond donors (Lipinski definition) is 2. The normalized spacial score (nSPS) is 13.9. The Morgan fingerprint density at radius 2 is 1.52 bits per heavy atom. The van der Waals surface area contributed by atoms with E-state index in [0.717, 1.165) is 23.9 Å². The number of hydrogen-bond acceptors (Lipinski definition) is 7. The molecule has 1 atom stereocenters. The molecule has 2 N–H and O–H groups in total. The molecule has 0 spiro atoms. The zero-order valence-corrected chi connectivity index (χ0v) is 27.2. The second-order valence-corrected chi connectivity index (χ2v) is 14.9. The molecule has 9 nitrogen and oxygen atoms in total. The Balaban J connectivity index is 2.27. The molecule has 10 heteroatoms. The number of benzene rings is 1. The van der Waals surface area contributed by atoms with Crippen molar-refractivity contribution in [3.05, 3.63) is 29.6 Å². The van der Waals surface area contributed by atoms with Crippen LogP contribution in [0.25, 0.3) is 11.0 Å². The van der Waals surface area contributed by atoms with Crippen molar-refractivity contribution in [2.75, 3.05) is 6.61 Å². The summed E-state index contributed by atoms with van der Waals surface area (Å²) >= 11 is 0. The molecule has 0 aliphatic rings. The molecular weight excluding hydrogens is 529 g/mol. The number of imidazole rings is 1. The molecular formula is C30H52N3O6P. The van der Waals surface area contributed by atoms with E-state index in [4.69, 9.17) is 23.3 Å².